The molecule has 0 aliphatic heterocycles. The second-order valence-electron chi connectivity index (χ2n) is 4.33. The zero-order valence-electron chi connectivity index (χ0n) is 12.1. The third kappa shape index (κ3) is 4.14. The van der Waals surface area contributed by atoms with Gasteiger partial charge < -0.3 is 20.1 Å². The fraction of sp³-hybridized carbons (Fsp3) is 0.188. The van der Waals surface area contributed by atoms with Gasteiger partial charge in [0, 0.05) is 11.8 Å². The predicted octanol–water partition coefficient (Wildman–Crippen LogP) is 2.75. The minimum absolute atomic E-state index is 0.144. The summed E-state index contributed by atoms with van der Waals surface area (Å²) in [5.41, 5.74) is 1.47. The number of para-hydroxylation sites is 2. The van der Waals surface area contributed by atoms with E-state index in [1.54, 1.807) is 20.3 Å². The fourth-order valence-electron chi connectivity index (χ4n) is 1.87. The first-order valence-corrected chi connectivity index (χ1v) is 6.53. The predicted molar refractivity (Wildman–Crippen MR) is 83.1 cm³/mol. The number of methoxy groups -OCH3 is 2. The average Bonchev–Trinajstić information content (AvgIpc) is 2.53. The molecule has 0 heterocycles. The average molecular weight is 286 g/mol. The molecule has 0 unspecified atom stereocenters. The fourth-order valence-corrected chi connectivity index (χ4v) is 1.87. The van der Waals surface area contributed by atoms with Gasteiger partial charge in [-0.1, -0.05) is 18.2 Å². The molecule has 0 atom stereocenters. The molecule has 1 amide bonds. The van der Waals surface area contributed by atoms with Crippen molar-refractivity contribution in [3.05, 3.63) is 48.5 Å². The zero-order chi connectivity index (χ0) is 15.1. The summed E-state index contributed by atoms with van der Waals surface area (Å²) in [7, 11) is 3.18. The molecule has 0 bridgehead atoms. The topological polar surface area (TPSA) is 59.6 Å². The van der Waals surface area contributed by atoms with E-state index >= 15 is 0 Å². The Balaban J connectivity index is 1.92. The Bertz CT molecular complexity index is 614. The van der Waals surface area contributed by atoms with Crippen molar-refractivity contribution in [1.82, 2.24) is 0 Å². The van der Waals surface area contributed by atoms with Gasteiger partial charge in [0.15, 0.2) is 0 Å². The number of nitrogens with one attached hydrogen (secondary N) is 2. The third-order valence-corrected chi connectivity index (χ3v) is 2.90. The van der Waals surface area contributed by atoms with E-state index in [9.17, 15) is 4.79 Å². The van der Waals surface area contributed by atoms with Crippen LogP contribution in [0.3, 0.4) is 0 Å². The molecule has 2 aromatic rings. The van der Waals surface area contributed by atoms with Crippen LogP contribution in [0.2, 0.25) is 0 Å². The summed E-state index contributed by atoms with van der Waals surface area (Å²) < 4.78 is 10.3. The summed E-state index contributed by atoms with van der Waals surface area (Å²) in [5, 5.41) is 5.85. The highest BCUT2D eigenvalue weighted by Gasteiger charge is 2.05. The van der Waals surface area contributed by atoms with E-state index < -0.39 is 0 Å². The summed E-state index contributed by atoms with van der Waals surface area (Å²) in [6.07, 6.45) is 0. The van der Waals surface area contributed by atoms with Crippen LogP contribution >= 0.6 is 0 Å². The van der Waals surface area contributed by atoms with E-state index in [0.717, 1.165) is 5.69 Å². The number of benzene rings is 2. The molecule has 0 fully saturated rings. The van der Waals surface area contributed by atoms with Crippen molar-refractivity contribution >= 4 is 17.3 Å². The van der Waals surface area contributed by atoms with E-state index in [4.69, 9.17) is 9.47 Å². The van der Waals surface area contributed by atoms with Gasteiger partial charge in [-0.25, -0.2) is 0 Å². The van der Waals surface area contributed by atoms with Gasteiger partial charge in [0.05, 0.1) is 26.5 Å². The zero-order valence-corrected chi connectivity index (χ0v) is 12.1. The number of rotatable bonds is 6. The van der Waals surface area contributed by atoms with Gasteiger partial charge in [-0.15, -0.1) is 0 Å². The molecule has 2 rings (SSSR count). The number of anilines is 2. The molecule has 2 N–H and O–H groups in total. The van der Waals surface area contributed by atoms with Crippen LogP contribution in [0.5, 0.6) is 11.5 Å². The Kier molecular flexibility index (Phi) is 5.04. The van der Waals surface area contributed by atoms with E-state index in [0.29, 0.717) is 17.2 Å². The quantitative estimate of drug-likeness (QED) is 0.857. The van der Waals surface area contributed by atoms with Gasteiger partial charge in [0.2, 0.25) is 5.91 Å². The molecule has 5 nitrogen and oxygen atoms in total. The minimum Gasteiger partial charge on any atom is -0.497 e. The van der Waals surface area contributed by atoms with Crippen molar-refractivity contribution in [2.24, 2.45) is 0 Å². The smallest absolute Gasteiger partial charge is 0.243 e. The van der Waals surface area contributed by atoms with Crippen LogP contribution in [0.15, 0.2) is 48.5 Å². The first kappa shape index (κ1) is 14.7. The molecule has 21 heavy (non-hydrogen) atoms. The van der Waals surface area contributed by atoms with Crippen LogP contribution in [-0.2, 0) is 4.79 Å². The lowest BCUT2D eigenvalue weighted by molar-refractivity contribution is -0.114. The second kappa shape index (κ2) is 7.19. The van der Waals surface area contributed by atoms with Crippen LogP contribution in [0, 0.1) is 0 Å². The van der Waals surface area contributed by atoms with E-state index in [2.05, 4.69) is 10.6 Å². The number of hydrogen-bond acceptors (Lipinski definition) is 4. The third-order valence-electron chi connectivity index (χ3n) is 2.90. The Morgan fingerprint density at radius 2 is 1.86 bits per heavy atom. The molecule has 0 saturated heterocycles. The van der Waals surface area contributed by atoms with Crippen LogP contribution in [-0.4, -0.2) is 26.7 Å². The summed E-state index contributed by atoms with van der Waals surface area (Å²) in [5.74, 6) is 1.26. The normalized spacial score (nSPS) is 9.81. The number of amides is 1. The lowest BCUT2D eigenvalue weighted by Gasteiger charge is -2.11. The molecule has 110 valence electrons. The molecule has 0 spiro atoms. The van der Waals surface area contributed by atoms with E-state index in [-0.39, 0.29) is 12.5 Å². The SMILES string of the molecule is COc1cccc(NC(=O)CNc2ccccc2OC)c1. The van der Waals surface area contributed by atoms with Crippen molar-refractivity contribution in [3.63, 3.8) is 0 Å². The Morgan fingerprint density at radius 3 is 2.62 bits per heavy atom. The van der Waals surface area contributed by atoms with E-state index in [1.807, 2.05) is 42.5 Å². The number of carbonyl (C=O) groups is 1. The lowest BCUT2D eigenvalue weighted by atomic mass is 10.3. The summed E-state index contributed by atoms with van der Waals surface area (Å²) in [4.78, 5) is 11.9. The maximum atomic E-state index is 11.9. The number of carbonyl (C=O) groups excluding carboxylic acids is 1. The van der Waals surface area contributed by atoms with Crippen LogP contribution in [0.1, 0.15) is 0 Å². The standard InChI is InChI=1S/C16H18N2O3/c1-20-13-7-5-6-12(10-13)18-16(19)11-17-14-8-3-4-9-15(14)21-2/h3-10,17H,11H2,1-2H3,(H,18,19). The number of hydrogen-bond donors (Lipinski definition) is 2. The van der Waals surface area contributed by atoms with Crippen molar-refractivity contribution in [2.45, 2.75) is 0 Å². The summed E-state index contributed by atoms with van der Waals surface area (Å²) >= 11 is 0. The van der Waals surface area contributed by atoms with Crippen molar-refractivity contribution < 1.29 is 14.3 Å². The minimum atomic E-state index is -0.144. The summed E-state index contributed by atoms with van der Waals surface area (Å²) in [6.45, 7) is 0.150. The van der Waals surface area contributed by atoms with Gasteiger partial charge in [-0.3, -0.25) is 4.79 Å². The molecule has 2 aromatic carbocycles. The van der Waals surface area contributed by atoms with Gasteiger partial charge >= 0.3 is 0 Å². The maximum Gasteiger partial charge on any atom is 0.243 e. The first-order chi connectivity index (χ1) is 10.2. The molecule has 0 aliphatic rings. The molecule has 0 saturated carbocycles. The molecule has 0 radical (unpaired) electrons. The lowest BCUT2D eigenvalue weighted by Crippen LogP contribution is -2.21. The van der Waals surface area contributed by atoms with Gasteiger partial charge in [0.25, 0.3) is 0 Å². The molecule has 0 aliphatic carbocycles. The number of ether oxygens (including phenoxy) is 2. The summed E-state index contributed by atoms with van der Waals surface area (Å²) in [6, 6.07) is 14.7. The maximum absolute atomic E-state index is 11.9. The highest BCUT2D eigenvalue weighted by Crippen LogP contribution is 2.22. The highest BCUT2D eigenvalue weighted by molar-refractivity contribution is 5.94. The van der Waals surface area contributed by atoms with E-state index in [1.165, 1.54) is 0 Å². The molecular formula is C16H18N2O3. The first-order valence-electron chi connectivity index (χ1n) is 6.53. The monoisotopic (exact) mass is 286 g/mol. The largest absolute Gasteiger partial charge is 0.497 e. The van der Waals surface area contributed by atoms with Crippen molar-refractivity contribution in [1.29, 1.82) is 0 Å². The molecule has 0 aromatic heterocycles. The molecule has 5 heteroatoms. The Hall–Kier alpha value is -2.69. The van der Waals surface area contributed by atoms with Gasteiger partial charge in [-0.2, -0.15) is 0 Å². The van der Waals surface area contributed by atoms with Gasteiger partial charge in [0.1, 0.15) is 11.5 Å². The Morgan fingerprint density at radius 1 is 1.05 bits per heavy atom. The van der Waals surface area contributed by atoms with Crippen LogP contribution in [0.4, 0.5) is 11.4 Å². The second-order valence-corrected chi connectivity index (χ2v) is 4.33. The van der Waals surface area contributed by atoms with Crippen LogP contribution in [0.25, 0.3) is 0 Å². The van der Waals surface area contributed by atoms with Crippen molar-refractivity contribution in [3.8, 4) is 11.5 Å². The highest BCUT2D eigenvalue weighted by atomic mass is 16.5. The Labute approximate surface area is 123 Å². The van der Waals surface area contributed by atoms with Gasteiger partial charge in [-0.05, 0) is 24.3 Å². The van der Waals surface area contributed by atoms with Crippen molar-refractivity contribution in [2.75, 3.05) is 31.4 Å². The molecular weight excluding hydrogens is 268 g/mol. The van der Waals surface area contributed by atoms with Crippen LogP contribution < -0.4 is 20.1 Å².